The molecule has 0 radical (unpaired) electrons. The van der Waals surface area contributed by atoms with Crippen molar-refractivity contribution in [3.8, 4) is 0 Å². The number of aliphatic hydroxyl groups is 1. The number of rotatable bonds is 4. The van der Waals surface area contributed by atoms with E-state index in [1.165, 1.54) is 12.1 Å². The number of hydrogen-bond acceptors (Lipinski definition) is 6. The number of nitro groups is 1. The summed E-state index contributed by atoms with van der Waals surface area (Å²) in [6, 6.07) is 4.51. The Labute approximate surface area is 115 Å². The van der Waals surface area contributed by atoms with Gasteiger partial charge in [0, 0.05) is 24.3 Å². The molecule has 2 rings (SSSR count). The topological polar surface area (TPSA) is 92.9 Å². The number of morpholine rings is 1. The predicted octanol–water partition coefficient (Wildman–Crippen LogP) is 0.993. The van der Waals surface area contributed by atoms with Gasteiger partial charge in [-0.1, -0.05) is 0 Å². The van der Waals surface area contributed by atoms with Gasteiger partial charge in [0.05, 0.1) is 29.8 Å². The summed E-state index contributed by atoms with van der Waals surface area (Å²) in [5.74, 6) is 0. The molecule has 1 aliphatic heterocycles. The summed E-state index contributed by atoms with van der Waals surface area (Å²) in [6.07, 6.45) is 0.192. The molecule has 1 aromatic rings. The zero-order valence-electron chi connectivity index (χ0n) is 11.1. The Balaban J connectivity index is 2.32. The van der Waals surface area contributed by atoms with Gasteiger partial charge in [-0.05, 0) is 19.1 Å². The average molecular weight is 280 g/mol. The predicted molar refractivity (Wildman–Crippen MR) is 72.1 cm³/mol. The Hall–Kier alpha value is -1.99. The minimum absolute atomic E-state index is 0.0479. The van der Waals surface area contributed by atoms with E-state index in [4.69, 9.17) is 9.84 Å². The van der Waals surface area contributed by atoms with Crippen LogP contribution in [0, 0.1) is 10.1 Å². The first-order valence-electron chi connectivity index (χ1n) is 6.29. The molecular formula is C13H16N2O5. The molecule has 2 unspecified atom stereocenters. The van der Waals surface area contributed by atoms with E-state index in [1.54, 1.807) is 6.07 Å². The maximum atomic E-state index is 11.0. The van der Waals surface area contributed by atoms with Crippen molar-refractivity contribution in [2.24, 2.45) is 0 Å². The molecule has 1 N–H and O–H groups in total. The fraction of sp³-hybridized carbons (Fsp3) is 0.462. The van der Waals surface area contributed by atoms with Crippen LogP contribution < -0.4 is 4.90 Å². The van der Waals surface area contributed by atoms with Crippen molar-refractivity contribution in [1.82, 2.24) is 0 Å². The van der Waals surface area contributed by atoms with Crippen molar-refractivity contribution in [3.63, 3.8) is 0 Å². The van der Waals surface area contributed by atoms with Gasteiger partial charge in [0.2, 0.25) is 0 Å². The monoisotopic (exact) mass is 280 g/mol. The number of hydrogen-bond donors (Lipinski definition) is 1. The van der Waals surface area contributed by atoms with Crippen LogP contribution in [-0.4, -0.2) is 48.2 Å². The van der Waals surface area contributed by atoms with Gasteiger partial charge in [-0.15, -0.1) is 0 Å². The van der Waals surface area contributed by atoms with E-state index in [0.29, 0.717) is 25.1 Å². The van der Waals surface area contributed by atoms with Crippen molar-refractivity contribution in [2.45, 2.75) is 19.1 Å². The lowest BCUT2D eigenvalue weighted by Gasteiger charge is -2.39. The number of benzene rings is 1. The first kappa shape index (κ1) is 14.4. The van der Waals surface area contributed by atoms with E-state index < -0.39 is 4.92 Å². The van der Waals surface area contributed by atoms with Crippen LogP contribution >= 0.6 is 0 Å². The van der Waals surface area contributed by atoms with Crippen LogP contribution in [0.2, 0.25) is 0 Å². The van der Waals surface area contributed by atoms with Gasteiger partial charge in [0.15, 0.2) is 6.29 Å². The quantitative estimate of drug-likeness (QED) is 0.502. The average Bonchev–Trinajstić information content (AvgIpc) is 2.47. The highest BCUT2D eigenvalue weighted by atomic mass is 16.6. The third-order valence-corrected chi connectivity index (χ3v) is 3.38. The first-order valence-corrected chi connectivity index (χ1v) is 6.29. The molecule has 1 aliphatic rings. The third kappa shape index (κ3) is 2.78. The van der Waals surface area contributed by atoms with Crippen LogP contribution in [-0.2, 0) is 4.74 Å². The molecule has 0 saturated carbocycles. The molecule has 0 aromatic heterocycles. The van der Waals surface area contributed by atoms with E-state index in [0.717, 1.165) is 0 Å². The van der Waals surface area contributed by atoms with E-state index in [1.807, 2.05) is 11.8 Å². The highest BCUT2D eigenvalue weighted by Gasteiger charge is 2.27. The number of anilines is 1. The van der Waals surface area contributed by atoms with E-state index in [-0.39, 0.29) is 30.0 Å². The summed E-state index contributed by atoms with van der Waals surface area (Å²) in [5.41, 5.74) is 0.557. The van der Waals surface area contributed by atoms with Gasteiger partial charge < -0.3 is 14.7 Å². The molecule has 7 heteroatoms. The SMILES string of the molecule is CC1COC(CO)CN1c1ccc([N+](=O)[O-])c(C=O)c1. The molecule has 1 aromatic carbocycles. The zero-order valence-corrected chi connectivity index (χ0v) is 11.1. The van der Waals surface area contributed by atoms with E-state index >= 15 is 0 Å². The number of nitrogens with zero attached hydrogens (tertiary/aromatic N) is 2. The molecule has 108 valence electrons. The van der Waals surface area contributed by atoms with Gasteiger partial charge in [-0.3, -0.25) is 14.9 Å². The molecular weight excluding hydrogens is 264 g/mol. The molecule has 1 fully saturated rings. The first-order chi connectivity index (χ1) is 9.56. The van der Waals surface area contributed by atoms with Crippen LogP contribution in [0.15, 0.2) is 18.2 Å². The Morgan fingerprint density at radius 3 is 2.95 bits per heavy atom. The Morgan fingerprint density at radius 2 is 2.35 bits per heavy atom. The molecule has 0 amide bonds. The Morgan fingerprint density at radius 1 is 1.60 bits per heavy atom. The summed E-state index contributed by atoms with van der Waals surface area (Å²) >= 11 is 0. The van der Waals surface area contributed by atoms with Crippen molar-refractivity contribution < 1.29 is 19.6 Å². The molecule has 7 nitrogen and oxygen atoms in total. The molecule has 0 aliphatic carbocycles. The number of aldehydes is 1. The molecule has 20 heavy (non-hydrogen) atoms. The zero-order chi connectivity index (χ0) is 14.7. The molecule has 2 atom stereocenters. The molecule has 0 spiro atoms. The number of carbonyl (C=O) groups excluding carboxylic acids is 1. The number of nitro benzene ring substituents is 1. The lowest BCUT2D eigenvalue weighted by Crippen LogP contribution is -2.49. The lowest BCUT2D eigenvalue weighted by atomic mass is 10.1. The number of carbonyl (C=O) groups is 1. The van der Waals surface area contributed by atoms with Crippen molar-refractivity contribution >= 4 is 17.7 Å². The maximum Gasteiger partial charge on any atom is 0.280 e. The second kappa shape index (κ2) is 5.98. The second-order valence-corrected chi connectivity index (χ2v) is 4.76. The van der Waals surface area contributed by atoms with E-state index in [9.17, 15) is 14.9 Å². The van der Waals surface area contributed by atoms with Crippen molar-refractivity contribution in [2.75, 3.05) is 24.7 Å². The third-order valence-electron chi connectivity index (χ3n) is 3.38. The summed E-state index contributed by atoms with van der Waals surface area (Å²) in [4.78, 5) is 23.2. The summed E-state index contributed by atoms with van der Waals surface area (Å²) in [7, 11) is 0. The van der Waals surface area contributed by atoms with Gasteiger partial charge in [-0.25, -0.2) is 0 Å². The summed E-state index contributed by atoms with van der Waals surface area (Å²) in [5, 5.41) is 20.0. The van der Waals surface area contributed by atoms with Gasteiger partial charge in [0.25, 0.3) is 5.69 Å². The molecule has 1 saturated heterocycles. The number of ether oxygens (including phenoxy) is 1. The maximum absolute atomic E-state index is 11.0. The Kier molecular flexibility index (Phi) is 4.31. The molecule has 0 bridgehead atoms. The van der Waals surface area contributed by atoms with Crippen LogP contribution in [0.25, 0.3) is 0 Å². The second-order valence-electron chi connectivity index (χ2n) is 4.76. The number of aliphatic hydroxyl groups excluding tert-OH is 1. The van der Waals surface area contributed by atoms with Crippen molar-refractivity contribution in [3.05, 3.63) is 33.9 Å². The van der Waals surface area contributed by atoms with Crippen LogP contribution in [0.5, 0.6) is 0 Å². The van der Waals surface area contributed by atoms with Crippen molar-refractivity contribution in [1.29, 1.82) is 0 Å². The Bertz CT molecular complexity index is 519. The standard InChI is InChI=1S/C13H16N2O5/c1-9-8-20-12(7-17)5-14(9)11-2-3-13(15(18)19)10(4-11)6-16/h2-4,6,9,12,17H,5,7-8H2,1H3. The largest absolute Gasteiger partial charge is 0.394 e. The fourth-order valence-corrected chi connectivity index (χ4v) is 2.27. The van der Waals surface area contributed by atoms with Gasteiger partial charge in [0.1, 0.15) is 0 Å². The fourth-order valence-electron chi connectivity index (χ4n) is 2.27. The minimum Gasteiger partial charge on any atom is -0.394 e. The van der Waals surface area contributed by atoms with Crippen LogP contribution in [0.1, 0.15) is 17.3 Å². The summed E-state index contributed by atoms with van der Waals surface area (Å²) in [6.45, 7) is 2.80. The smallest absolute Gasteiger partial charge is 0.280 e. The summed E-state index contributed by atoms with van der Waals surface area (Å²) < 4.78 is 5.44. The highest BCUT2D eigenvalue weighted by Crippen LogP contribution is 2.27. The van der Waals surface area contributed by atoms with Gasteiger partial charge >= 0.3 is 0 Å². The van der Waals surface area contributed by atoms with Crippen LogP contribution in [0.3, 0.4) is 0 Å². The minimum atomic E-state index is -0.577. The van der Waals surface area contributed by atoms with Gasteiger partial charge in [-0.2, -0.15) is 0 Å². The lowest BCUT2D eigenvalue weighted by molar-refractivity contribution is -0.385. The highest BCUT2D eigenvalue weighted by molar-refractivity contribution is 5.83. The van der Waals surface area contributed by atoms with Crippen LogP contribution in [0.4, 0.5) is 11.4 Å². The molecule has 1 heterocycles. The van der Waals surface area contributed by atoms with E-state index in [2.05, 4.69) is 0 Å². The normalized spacial score (nSPS) is 22.6.